The topological polar surface area (TPSA) is 58.1 Å². The van der Waals surface area contributed by atoms with Crippen LogP contribution < -0.4 is 11.2 Å². The van der Waals surface area contributed by atoms with Gasteiger partial charge in [-0.1, -0.05) is 18.0 Å². The average molecular weight is 304 g/mol. The number of nitrogens with zero attached hydrogens (tertiary/aromatic N) is 2. The molecule has 2 rings (SSSR count). The lowest BCUT2D eigenvalue weighted by molar-refractivity contribution is 0.156. The standard InChI is InChI=1S/C13H19ClFN3O2/c1-9-5-2-3-6-17(9)7-4-8-18-12(19)10(15)11(14)16-13(18)20/h9H,2-8H2,1H3,(H,16,20). The maximum absolute atomic E-state index is 13.4. The number of H-pyrrole nitrogens is 1. The van der Waals surface area contributed by atoms with E-state index in [0.29, 0.717) is 12.5 Å². The molecule has 1 saturated heterocycles. The molecular formula is C13H19ClFN3O2. The Balaban J connectivity index is 2.00. The van der Waals surface area contributed by atoms with Crippen LogP contribution in [-0.4, -0.2) is 33.6 Å². The van der Waals surface area contributed by atoms with Crippen LogP contribution in [0.3, 0.4) is 0 Å². The minimum absolute atomic E-state index is 0.200. The summed E-state index contributed by atoms with van der Waals surface area (Å²) < 4.78 is 14.2. The number of aromatic amines is 1. The highest BCUT2D eigenvalue weighted by molar-refractivity contribution is 6.29. The lowest BCUT2D eigenvalue weighted by atomic mass is 10.0. The van der Waals surface area contributed by atoms with Gasteiger partial charge in [-0.05, 0) is 32.7 Å². The van der Waals surface area contributed by atoms with Gasteiger partial charge in [0.05, 0.1) is 0 Å². The molecule has 2 heterocycles. The summed E-state index contributed by atoms with van der Waals surface area (Å²) in [7, 11) is 0. The van der Waals surface area contributed by atoms with Crippen molar-refractivity contribution in [1.29, 1.82) is 0 Å². The summed E-state index contributed by atoms with van der Waals surface area (Å²) in [4.78, 5) is 27.7. The Labute approximate surface area is 121 Å². The van der Waals surface area contributed by atoms with Gasteiger partial charge in [0.1, 0.15) is 0 Å². The van der Waals surface area contributed by atoms with Crippen molar-refractivity contribution < 1.29 is 4.39 Å². The lowest BCUT2D eigenvalue weighted by Crippen LogP contribution is -2.40. The molecule has 0 radical (unpaired) electrons. The van der Waals surface area contributed by atoms with E-state index in [0.717, 1.165) is 17.7 Å². The third-order valence-corrected chi connectivity index (χ3v) is 4.12. The van der Waals surface area contributed by atoms with Crippen LogP contribution in [0.25, 0.3) is 0 Å². The van der Waals surface area contributed by atoms with Crippen LogP contribution in [0.1, 0.15) is 32.6 Å². The van der Waals surface area contributed by atoms with Gasteiger partial charge in [0, 0.05) is 19.1 Å². The summed E-state index contributed by atoms with van der Waals surface area (Å²) >= 11 is 5.41. The molecule has 1 aromatic heterocycles. The van der Waals surface area contributed by atoms with E-state index in [1.165, 1.54) is 19.3 Å². The maximum atomic E-state index is 13.4. The van der Waals surface area contributed by atoms with E-state index >= 15 is 0 Å². The molecule has 0 spiro atoms. The molecule has 5 nitrogen and oxygen atoms in total. The van der Waals surface area contributed by atoms with Crippen molar-refractivity contribution in [2.45, 2.75) is 45.2 Å². The molecule has 0 aromatic carbocycles. The zero-order valence-corrected chi connectivity index (χ0v) is 12.2. The van der Waals surface area contributed by atoms with Gasteiger partial charge in [0.25, 0.3) is 5.56 Å². The summed E-state index contributed by atoms with van der Waals surface area (Å²) in [5.74, 6) is -1.10. The fraction of sp³-hybridized carbons (Fsp3) is 0.692. The molecule has 0 saturated carbocycles. The first-order chi connectivity index (χ1) is 9.50. The fourth-order valence-electron chi connectivity index (χ4n) is 2.65. The Morgan fingerprint density at radius 3 is 2.80 bits per heavy atom. The Kier molecular flexibility index (Phi) is 4.99. The van der Waals surface area contributed by atoms with Gasteiger partial charge in [-0.15, -0.1) is 0 Å². The molecular weight excluding hydrogens is 285 g/mol. The van der Waals surface area contributed by atoms with E-state index < -0.39 is 22.2 Å². The number of hydrogen-bond acceptors (Lipinski definition) is 3. The number of halogens is 2. The molecule has 7 heteroatoms. The van der Waals surface area contributed by atoms with E-state index in [9.17, 15) is 14.0 Å². The highest BCUT2D eigenvalue weighted by atomic mass is 35.5. The van der Waals surface area contributed by atoms with Crippen molar-refractivity contribution >= 4 is 11.6 Å². The summed E-state index contributed by atoms with van der Waals surface area (Å²) in [5, 5.41) is -0.527. The predicted octanol–water partition coefficient (Wildman–Crippen LogP) is 1.59. The summed E-state index contributed by atoms with van der Waals surface area (Å²) in [6, 6.07) is 0.528. The minimum Gasteiger partial charge on any atom is -0.301 e. The van der Waals surface area contributed by atoms with Gasteiger partial charge >= 0.3 is 5.69 Å². The molecule has 20 heavy (non-hydrogen) atoms. The molecule has 1 atom stereocenters. The lowest BCUT2D eigenvalue weighted by Gasteiger charge is -2.33. The minimum atomic E-state index is -1.10. The van der Waals surface area contributed by atoms with Gasteiger partial charge in [-0.3, -0.25) is 14.3 Å². The Morgan fingerprint density at radius 2 is 2.10 bits per heavy atom. The second kappa shape index (κ2) is 6.54. The first-order valence-corrected chi connectivity index (χ1v) is 7.30. The van der Waals surface area contributed by atoms with Crippen LogP contribution in [0.15, 0.2) is 9.59 Å². The number of piperidine rings is 1. The third-order valence-electron chi connectivity index (χ3n) is 3.86. The van der Waals surface area contributed by atoms with Crippen LogP contribution in [0.5, 0.6) is 0 Å². The monoisotopic (exact) mass is 303 g/mol. The predicted molar refractivity (Wildman–Crippen MR) is 75.8 cm³/mol. The van der Waals surface area contributed by atoms with Gasteiger partial charge in [0.2, 0.25) is 5.82 Å². The summed E-state index contributed by atoms with van der Waals surface area (Å²) in [6.07, 6.45) is 4.24. The Hall–Kier alpha value is -1.14. The fourth-order valence-corrected chi connectivity index (χ4v) is 2.81. The van der Waals surface area contributed by atoms with Crippen molar-refractivity contribution in [3.8, 4) is 0 Å². The normalized spacial score (nSPS) is 20.2. The van der Waals surface area contributed by atoms with Gasteiger partial charge < -0.3 is 4.90 Å². The zero-order valence-electron chi connectivity index (χ0n) is 11.5. The smallest absolute Gasteiger partial charge is 0.301 e. The van der Waals surface area contributed by atoms with E-state index in [2.05, 4.69) is 16.8 Å². The molecule has 1 aliphatic rings. The third kappa shape index (κ3) is 3.30. The van der Waals surface area contributed by atoms with E-state index in [-0.39, 0.29) is 6.54 Å². The van der Waals surface area contributed by atoms with E-state index in [1.807, 2.05) is 0 Å². The highest BCUT2D eigenvalue weighted by Crippen LogP contribution is 2.16. The van der Waals surface area contributed by atoms with E-state index in [1.54, 1.807) is 0 Å². The van der Waals surface area contributed by atoms with Crippen LogP contribution in [-0.2, 0) is 6.54 Å². The SMILES string of the molecule is CC1CCCCN1CCCn1c(=O)[nH]c(Cl)c(F)c1=O. The second-order valence-corrected chi connectivity index (χ2v) is 5.63. The number of rotatable bonds is 4. The Bertz CT molecular complexity index is 584. The van der Waals surface area contributed by atoms with Crippen molar-refractivity contribution in [2.75, 3.05) is 13.1 Å². The first-order valence-electron chi connectivity index (χ1n) is 6.93. The molecule has 1 N–H and O–H groups in total. The first kappa shape index (κ1) is 15.3. The molecule has 1 unspecified atom stereocenters. The van der Waals surface area contributed by atoms with Crippen molar-refractivity contribution in [3.63, 3.8) is 0 Å². The average Bonchev–Trinajstić information content (AvgIpc) is 2.42. The van der Waals surface area contributed by atoms with Crippen molar-refractivity contribution in [3.05, 3.63) is 31.8 Å². The Morgan fingerprint density at radius 1 is 1.35 bits per heavy atom. The summed E-state index contributed by atoms with van der Waals surface area (Å²) in [5.41, 5.74) is -1.61. The maximum Gasteiger partial charge on any atom is 0.329 e. The summed E-state index contributed by atoms with van der Waals surface area (Å²) in [6.45, 7) is 4.23. The molecule has 1 fully saturated rings. The van der Waals surface area contributed by atoms with Gasteiger partial charge in [-0.25, -0.2) is 4.79 Å². The molecule has 1 aliphatic heterocycles. The highest BCUT2D eigenvalue weighted by Gasteiger charge is 2.18. The van der Waals surface area contributed by atoms with Crippen molar-refractivity contribution in [1.82, 2.24) is 14.5 Å². The van der Waals surface area contributed by atoms with E-state index in [4.69, 9.17) is 11.6 Å². The number of nitrogens with one attached hydrogen (secondary N) is 1. The molecule has 0 aliphatic carbocycles. The largest absolute Gasteiger partial charge is 0.329 e. The van der Waals surface area contributed by atoms with Crippen LogP contribution in [0.2, 0.25) is 5.15 Å². The molecule has 0 bridgehead atoms. The van der Waals surface area contributed by atoms with Crippen LogP contribution in [0.4, 0.5) is 4.39 Å². The quantitative estimate of drug-likeness (QED) is 0.860. The molecule has 0 amide bonds. The molecule has 1 aromatic rings. The number of likely N-dealkylation sites (tertiary alicyclic amines) is 1. The number of aromatic nitrogens is 2. The van der Waals surface area contributed by atoms with Gasteiger partial charge in [0.15, 0.2) is 5.15 Å². The second-order valence-electron chi connectivity index (χ2n) is 5.25. The molecule has 112 valence electrons. The van der Waals surface area contributed by atoms with Gasteiger partial charge in [-0.2, -0.15) is 4.39 Å². The number of hydrogen-bond donors (Lipinski definition) is 1. The van der Waals surface area contributed by atoms with Crippen LogP contribution in [0, 0.1) is 5.82 Å². The van der Waals surface area contributed by atoms with Crippen molar-refractivity contribution in [2.24, 2.45) is 0 Å². The van der Waals surface area contributed by atoms with Crippen LogP contribution >= 0.6 is 11.6 Å². The zero-order chi connectivity index (χ0) is 14.7.